The van der Waals surface area contributed by atoms with Crippen LogP contribution in [0.5, 0.6) is 0 Å². The molecule has 1 aliphatic rings. The van der Waals surface area contributed by atoms with Gasteiger partial charge in [-0.05, 0) is 66.0 Å². The van der Waals surface area contributed by atoms with Crippen molar-refractivity contribution in [2.24, 2.45) is 0 Å². The van der Waals surface area contributed by atoms with Gasteiger partial charge in [0, 0.05) is 75.0 Å². The number of fused-ring (bicyclic) bond motifs is 10. The van der Waals surface area contributed by atoms with Crippen LogP contribution in [-0.2, 0) is 0 Å². The highest BCUT2D eigenvalue weighted by Gasteiger charge is 2.24. The third-order valence-corrected chi connectivity index (χ3v) is 15.4. The van der Waals surface area contributed by atoms with Crippen molar-refractivity contribution in [2.75, 3.05) is 0 Å². The molecule has 1 aliphatic heterocycles. The molecule has 7 nitrogen and oxygen atoms in total. The molecule has 318 valence electrons. The average molecular weight is 906 g/mol. The lowest BCUT2D eigenvalue weighted by Crippen LogP contribution is -2.02. The monoisotopic (exact) mass is 905 g/mol. The fourth-order valence-electron chi connectivity index (χ4n) is 9.82. The Hall–Kier alpha value is -8.37. The predicted octanol–water partition coefficient (Wildman–Crippen LogP) is 15.3. The van der Waals surface area contributed by atoms with Gasteiger partial charge in [0.25, 0.3) is 0 Å². The van der Waals surface area contributed by atoms with Crippen LogP contribution in [0.15, 0.2) is 232 Å². The van der Waals surface area contributed by atoms with E-state index in [4.69, 9.17) is 24.9 Å². The standard InChI is InChI=1S/C59H35N7S2/c1-3-14-36(15-4-1)56-62-57(37-16-5-2-6-17-37)64-58(63-56)40-26-28-41-38(34-40)18-13-23-46(41)65-48-22-10-8-20-44(48)54-49(65)30-29-43-42-19-7-9-21-47(42)66(55(43)54)59-60-33-32-45(61-59)39-27-31-52-53(35-39)68-51-25-12-11-24-50(51)67-52/h1-35H. The molecule has 0 N–H and O–H groups in total. The van der Waals surface area contributed by atoms with Crippen LogP contribution >= 0.6 is 23.5 Å². The molecular formula is C59H35N7S2. The second kappa shape index (κ2) is 15.6. The molecule has 9 aromatic carbocycles. The third kappa shape index (κ3) is 6.27. The summed E-state index contributed by atoms with van der Waals surface area (Å²) in [5.74, 6) is 2.53. The highest BCUT2D eigenvalue weighted by atomic mass is 32.2. The molecule has 0 bridgehead atoms. The van der Waals surface area contributed by atoms with Gasteiger partial charge in [-0.3, -0.25) is 4.57 Å². The number of para-hydroxylation sites is 2. The van der Waals surface area contributed by atoms with Crippen molar-refractivity contribution >= 4 is 77.9 Å². The molecule has 0 radical (unpaired) electrons. The van der Waals surface area contributed by atoms with E-state index in [-0.39, 0.29) is 0 Å². The maximum absolute atomic E-state index is 5.36. The largest absolute Gasteiger partial charge is 0.309 e. The first-order chi connectivity index (χ1) is 33.7. The Kier molecular flexibility index (Phi) is 8.93. The van der Waals surface area contributed by atoms with Gasteiger partial charge < -0.3 is 4.57 Å². The summed E-state index contributed by atoms with van der Waals surface area (Å²) in [6.45, 7) is 0. The lowest BCUT2D eigenvalue weighted by Gasteiger charge is -2.18. The molecule has 0 aliphatic carbocycles. The molecule has 0 amide bonds. The summed E-state index contributed by atoms with van der Waals surface area (Å²) in [4.78, 5) is 30.5. The zero-order valence-electron chi connectivity index (χ0n) is 36.2. The maximum Gasteiger partial charge on any atom is 0.235 e. The number of rotatable bonds is 6. The number of hydrogen-bond donors (Lipinski definition) is 0. The van der Waals surface area contributed by atoms with Crippen molar-refractivity contribution in [1.82, 2.24) is 34.1 Å². The number of benzene rings is 9. The zero-order valence-corrected chi connectivity index (χ0v) is 37.8. The molecule has 0 unspecified atom stereocenters. The summed E-state index contributed by atoms with van der Waals surface area (Å²) < 4.78 is 4.68. The maximum atomic E-state index is 5.36. The van der Waals surface area contributed by atoms with Crippen LogP contribution in [0.2, 0.25) is 0 Å². The van der Waals surface area contributed by atoms with Crippen LogP contribution in [0, 0.1) is 0 Å². The fraction of sp³-hybridized carbons (Fsp3) is 0. The van der Waals surface area contributed by atoms with Crippen LogP contribution < -0.4 is 0 Å². The zero-order chi connectivity index (χ0) is 44.7. The van der Waals surface area contributed by atoms with Gasteiger partial charge in [0.05, 0.1) is 33.4 Å². The van der Waals surface area contributed by atoms with E-state index in [1.165, 1.54) is 19.6 Å². The Balaban J connectivity index is 0.937. The normalized spacial score (nSPS) is 12.3. The number of aromatic nitrogens is 7. The second-order valence-corrected chi connectivity index (χ2v) is 19.0. The summed E-state index contributed by atoms with van der Waals surface area (Å²) in [7, 11) is 0. The quantitative estimate of drug-likeness (QED) is 0.165. The van der Waals surface area contributed by atoms with Crippen LogP contribution in [0.25, 0.3) is 111 Å². The topological polar surface area (TPSA) is 74.3 Å². The lowest BCUT2D eigenvalue weighted by atomic mass is 10.0. The first kappa shape index (κ1) is 38.9. The molecule has 14 rings (SSSR count). The third-order valence-electron chi connectivity index (χ3n) is 12.9. The highest BCUT2D eigenvalue weighted by molar-refractivity contribution is 8.05. The summed E-state index contributed by atoms with van der Waals surface area (Å²) in [6.07, 6.45) is 1.89. The van der Waals surface area contributed by atoms with Crippen molar-refractivity contribution < 1.29 is 0 Å². The molecule has 9 heteroatoms. The van der Waals surface area contributed by atoms with Gasteiger partial charge in [-0.25, -0.2) is 24.9 Å². The van der Waals surface area contributed by atoms with Gasteiger partial charge in [-0.1, -0.05) is 169 Å². The van der Waals surface area contributed by atoms with E-state index in [0.717, 1.165) is 88.0 Å². The minimum Gasteiger partial charge on any atom is -0.309 e. The molecule has 13 aromatic rings. The van der Waals surface area contributed by atoms with Crippen LogP contribution in [0.3, 0.4) is 0 Å². The first-order valence-electron chi connectivity index (χ1n) is 22.5. The minimum absolute atomic E-state index is 0.624. The first-order valence-corrected chi connectivity index (χ1v) is 24.1. The second-order valence-electron chi connectivity index (χ2n) is 16.9. The van der Waals surface area contributed by atoms with Gasteiger partial charge >= 0.3 is 0 Å². The van der Waals surface area contributed by atoms with Crippen molar-refractivity contribution in [2.45, 2.75) is 19.6 Å². The van der Waals surface area contributed by atoms with Crippen molar-refractivity contribution in [3.05, 3.63) is 212 Å². The van der Waals surface area contributed by atoms with E-state index in [2.05, 4.69) is 149 Å². The smallest absolute Gasteiger partial charge is 0.235 e. The van der Waals surface area contributed by atoms with Crippen molar-refractivity contribution in [1.29, 1.82) is 0 Å². The van der Waals surface area contributed by atoms with Gasteiger partial charge in [0.1, 0.15) is 0 Å². The Morgan fingerprint density at radius 2 is 0.956 bits per heavy atom. The minimum atomic E-state index is 0.624. The molecule has 5 heterocycles. The SMILES string of the molecule is c1ccc(-c2nc(-c3ccccc3)nc(-c3ccc4c(-n5c6ccccc6c6c5ccc5c7ccccc7n(-c7nccc(-c8ccc9c(c8)Sc8ccccc8S9)n7)c56)cccc4c3)n2)cc1. The molecule has 0 saturated carbocycles. The summed E-state index contributed by atoms with van der Waals surface area (Å²) in [5.41, 5.74) is 10.2. The van der Waals surface area contributed by atoms with Gasteiger partial charge in [-0.15, -0.1) is 0 Å². The van der Waals surface area contributed by atoms with E-state index in [1.807, 2.05) is 96.5 Å². The summed E-state index contributed by atoms with van der Waals surface area (Å²) in [5, 5.41) is 6.79. The predicted molar refractivity (Wildman–Crippen MR) is 278 cm³/mol. The van der Waals surface area contributed by atoms with E-state index < -0.39 is 0 Å². The Labute approximate surface area is 398 Å². The van der Waals surface area contributed by atoms with E-state index in [0.29, 0.717) is 23.4 Å². The Bertz CT molecular complexity index is 4110. The van der Waals surface area contributed by atoms with Crippen molar-refractivity contribution in [3.8, 4) is 57.1 Å². The van der Waals surface area contributed by atoms with E-state index >= 15 is 0 Å². The molecule has 0 atom stereocenters. The summed E-state index contributed by atoms with van der Waals surface area (Å²) >= 11 is 3.64. The molecule has 0 fully saturated rings. The molecule has 68 heavy (non-hydrogen) atoms. The number of nitrogens with zero attached hydrogens (tertiary/aromatic N) is 7. The van der Waals surface area contributed by atoms with Crippen LogP contribution in [0.4, 0.5) is 0 Å². The molecule has 0 spiro atoms. The van der Waals surface area contributed by atoms with Crippen molar-refractivity contribution in [3.63, 3.8) is 0 Å². The Morgan fingerprint density at radius 3 is 1.71 bits per heavy atom. The summed E-state index contributed by atoms with van der Waals surface area (Å²) in [6, 6.07) is 72.5. The van der Waals surface area contributed by atoms with Gasteiger partial charge in [0.15, 0.2) is 17.5 Å². The lowest BCUT2D eigenvalue weighted by molar-refractivity contribution is 0.993. The number of hydrogen-bond acceptors (Lipinski definition) is 7. The highest BCUT2D eigenvalue weighted by Crippen LogP contribution is 2.49. The Morgan fingerprint density at radius 1 is 0.353 bits per heavy atom. The fourth-order valence-corrected chi connectivity index (χ4v) is 12.1. The van der Waals surface area contributed by atoms with E-state index in [1.54, 1.807) is 0 Å². The van der Waals surface area contributed by atoms with Gasteiger partial charge in [0.2, 0.25) is 5.95 Å². The molecule has 0 saturated heterocycles. The molecule has 4 aromatic heterocycles. The average Bonchev–Trinajstić information content (AvgIpc) is 3.93. The van der Waals surface area contributed by atoms with E-state index in [9.17, 15) is 0 Å². The van der Waals surface area contributed by atoms with Crippen LogP contribution in [0.1, 0.15) is 0 Å². The molecular weight excluding hydrogens is 871 g/mol. The van der Waals surface area contributed by atoms with Gasteiger partial charge in [-0.2, -0.15) is 0 Å². The van der Waals surface area contributed by atoms with Crippen LogP contribution in [-0.4, -0.2) is 34.1 Å².